The summed E-state index contributed by atoms with van der Waals surface area (Å²) in [7, 11) is 3.52. The van der Waals surface area contributed by atoms with E-state index in [0.29, 0.717) is 12.6 Å². The van der Waals surface area contributed by atoms with Gasteiger partial charge in [0.15, 0.2) is 0 Å². The molecule has 0 aromatic rings. The molecule has 0 spiro atoms. The van der Waals surface area contributed by atoms with Gasteiger partial charge in [-0.05, 0) is 20.9 Å². The van der Waals surface area contributed by atoms with Gasteiger partial charge in [-0.25, -0.2) is 0 Å². The highest BCUT2D eigenvalue weighted by Crippen LogP contribution is 1.95. The van der Waals surface area contributed by atoms with Crippen LogP contribution in [0.3, 0.4) is 0 Å². The Hall–Kier alpha value is -0.610. The number of likely N-dealkylation sites (N-methyl/N-ethyl adjacent to an activating group) is 1. The van der Waals surface area contributed by atoms with Gasteiger partial charge in [0.2, 0.25) is 0 Å². The summed E-state index contributed by atoms with van der Waals surface area (Å²) in [6, 6.07) is 0.560. The minimum atomic E-state index is -0.153. The minimum absolute atomic E-state index is 0.0700. The van der Waals surface area contributed by atoms with Crippen LogP contribution in [0.4, 0.5) is 0 Å². The summed E-state index contributed by atoms with van der Waals surface area (Å²) in [6.45, 7) is 8.76. The van der Waals surface area contributed by atoms with Gasteiger partial charge in [0.05, 0.1) is 13.0 Å². The van der Waals surface area contributed by atoms with Crippen molar-refractivity contribution in [2.24, 2.45) is 5.92 Å². The Labute approximate surface area is 93.0 Å². The topological polar surface area (TPSA) is 41.6 Å². The number of hydrogen-bond donors (Lipinski definition) is 1. The molecule has 15 heavy (non-hydrogen) atoms. The molecule has 1 N–H and O–H groups in total. The molecule has 1 atom stereocenters. The van der Waals surface area contributed by atoms with E-state index in [1.807, 2.05) is 6.92 Å². The van der Waals surface area contributed by atoms with Crippen LogP contribution in [-0.2, 0) is 9.53 Å². The first-order valence-corrected chi connectivity index (χ1v) is 5.47. The summed E-state index contributed by atoms with van der Waals surface area (Å²) in [5.41, 5.74) is 0. The molecule has 0 saturated carbocycles. The average molecular weight is 216 g/mol. The van der Waals surface area contributed by atoms with Crippen molar-refractivity contribution in [1.82, 2.24) is 10.2 Å². The van der Waals surface area contributed by atoms with Crippen molar-refractivity contribution in [2.45, 2.75) is 26.8 Å². The Morgan fingerprint density at radius 2 is 2.00 bits per heavy atom. The van der Waals surface area contributed by atoms with Gasteiger partial charge in [-0.1, -0.05) is 6.92 Å². The Balaban J connectivity index is 3.50. The number of nitrogens with one attached hydrogen (secondary N) is 1. The van der Waals surface area contributed by atoms with E-state index in [1.165, 1.54) is 7.11 Å². The standard InChI is InChI=1S/C11H24N2O2/c1-9(2)13(4)7-6-12-8-10(3)11(14)15-5/h9-10,12H,6-8H2,1-5H3. The van der Waals surface area contributed by atoms with E-state index in [1.54, 1.807) is 0 Å². The highest BCUT2D eigenvalue weighted by atomic mass is 16.5. The molecule has 0 radical (unpaired) electrons. The molecule has 0 bridgehead atoms. The largest absolute Gasteiger partial charge is 0.469 e. The third-order valence-electron chi connectivity index (χ3n) is 2.58. The summed E-state index contributed by atoms with van der Waals surface area (Å²) in [4.78, 5) is 13.3. The molecule has 4 heteroatoms. The molecule has 90 valence electrons. The molecule has 0 aliphatic carbocycles. The maximum absolute atomic E-state index is 11.1. The first-order chi connectivity index (χ1) is 6.99. The van der Waals surface area contributed by atoms with Crippen molar-refractivity contribution in [3.63, 3.8) is 0 Å². The summed E-state index contributed by atoms with van der Waals surface area (Å²) < 4.78 is 4.64. The average Bonchev–Trinajstić information content (AvgIpc) is 2.22. The van der Waals surface area contributed by atoms with Crippen molar-refractivity contribution in [2.75, 3.05) is 33.8 Å². The number of hydrogen-bond acceptors (Lipinski definition) is 4. The van der Waals surface area contributed by atoms with E-state index in [9.17, 15) is 4.79 Å². The first kappa shape index (κ1) is 14.4. The zero-order chi connectivity index (χ0) is 11.8. The third-order valence-corrected chi connectivity index (χ3v) is 2.58. The number of nitrogens with zero attached hydrogens (tertiary/aromatic N) is 1. The van der Waals surface area contributed by atoms with E-state index < -0.39 is 0 Å². The fourth-order valence-corrected chi connectivity index (χ4v) is 1.12. The van der Waals surface area contributed by atoms with E-state index in [-0.39, 0.29) is 11.9 Å². The molecule has 0 aromatic carbocycles. The van der Waals surface area contributed by atoms with E-state index in [0.717, 1.165) is 13.1 Å². The number of carbonyl (C=O) groups is 1. The van der Waals surface area contributed by atoms with Crippen LogP contribution in [0.15, 0.2) is 0 Å². The van der Waals surface area contributed by atoms with Crippen LogP contribution in [0.5, 0.6) is 0 Å². The van der Waals surface area contributed by atoms with Crippen molar-refractivity contribution in [1.29, 1.82) is 0 Å². The SMILES string of the molecule is COC(=O)C(C)CNCCN(C)C(C)C. The lowest BCUT2D eigenvalue weighted by atomic mass is 10.2. The van der Waals surface area contributed by atoms with Crippen LogP contribution in [-0.4, -0.2) is 50.7 Å². The maximum atomic E-state index is 11.1. The van der Waals surface area contributed by atoms with Crippen LogP contribution in [0.2, 0.25) is 0 Å². The Kier molecular flexibility index (Phi) is 7.34. The summed E-state index contributed by atoms with van der Waals surface area (Å²) in [5, 5.41) is 3.24. The fourth-order valence-electron chi connectivity index (χ4n) is 1.12. The van der Waals surface area contributed by atoms with Crippen molar-refractivity contribution in [3.05, 3.63) is 0 Å². The summed E-state index contributed by atoms with van der Waals surface area (Å²) in [5.74, 6) is -0.223. The smallest absolute Gasteiger partial charge is 0.309 e. The number of methoxy groups -OCH3 is 1. The zero-order valence-electron chi connectivity index (χ0n) is 10.5. The van der Waals surface area contributed by atoms with Crippen LogP contribution in [0.25, 0.3) is 0 Å². The molecular weight excluding hydrogens is 192 g/mol. The van der Waals surface area contributed by atoms with Gasteiger partial charge < -0.3 is 15.0 Å². The molecule has 0 aromatic heterocycles. The van der Waals surface area contributed by atoms with E-state index in [4.69, 9.17) is 0 Å². The van der Waals surface area contributed by atoms with Crippen molar-refractivity contribution < 1.29 is 9.53 Å². The quantitative estimate of drug-likeness (QED) is 0.503. The molecule has 4 nitrogen and oxygen atoms in total. The molecule has 0 heterocycles. The second kappa shape index (κ2) is 7.65. The Bertz CT molecular complexity index is 183. The van der Waals surface area contributed by atoms with Crippen molar-refractivity contribution >= 4 is 5.97 Å². The monoisotopic (exact) mass is 216 g/mol. The zero-order valence-corrected chi connectivity index (χ0v) is 10.5. The lowest BCUT2D eigenvalue weighted by molar-refractivity contribution is -0.144. The number of carbonyl (C=O) groups excluding carboxylic acids is 1. The number of esters is 1. The molecule has 0 fully saturated rings. The van der Waals surface area contributed by atoms with Gasteiger partial charge in [-0.3, -0.25) is 4.79 Å². The number of rotatable bonds is 7. The molecule has 0 amide bonds. The van der Waals surface area contributed by atoms with Crippen molar-refractivity contribution in [3.8, 4) is 0 Å². The lowest BCUT2D eigenvalue weighted by Gasteiger charge is -2.21. The van der Waals surface area contributed by atoms with E-state index in [2.05, 4.69) is 35.8 Å². The predicted molar refractivity (Wildman–Crippen MR) is 61.8 cm³/mol. The van der Waals surface area contributed by atoms with Gasteiger partial charge in [-0.15, -0.1) is 0 Å². The Morgan fingerprint density at radius 1 is 1.40 bits per heavy atom. The molecule has 1 unspecified atom stereocenters. The molecule has 0 saturated heterocycles. The second-order valence-corrected chi connectivity index (χ2v) is 4.20. The van der Waals surface area contributed by atoms with E-state index >= 15 is 0 Å². The molecular formula is C11H24N2O2. The fraction of sp³-hybridized carbons (Fsp3) is 0.909. The van der Waals surface area contributed by atoms with Gasteiger partial charge in [0, 0.05) is 25.7 Å². The van der Waals surface area contributed by atoms with Crippen LogP contribution < -0.4 is 5.32 Å². The van der Waals surface area contributed by atoms with Crippen LogP contribution in [0.1, 0.15) is 20.8 Å². The third kappa shape index (κ3) is 6.47. The highest BCUT2D eigenvalue weighted by Gasteiger charge is 2.11. The predicted octanol–water partition coefficient (Wildman–Crippen LogP) is 0.725. The second-order valence-electron chi connectivity index (χ2n) is 4.20. The summed E-state index contributed by atoms with van der Waals surface area (Å²) >= 11 is 0. The van der Waals surface area contributed by atoms with Crippen LogP contribution >= 0.6 is 0 Å². The molecule has 0 aliphatic rings. The molecule has 0 rings (SSSR count). The normalized spacial score (nSPS) is 13.3. The first-order valence-electron chi connectivity index (χ1n) is 5.47. The maximum Gasteiger partial charge on any atom is 0.309 e. The summed E-state index contributed by atoms with van der Waals surface area (Å²) in [6.07, 6.45) is 0. The number of ether oxygens (including phenoxy) is 1. The minimum Gasteiger partial charge on any atom is -0.469 e. The van der Waals surface area contributed by atoms with Gasteiger partial charge >= 0.3 is 5.97 Å². The van der Waals surface area contributed by atoms with Gasteiger partial charge in [0.25, 0.3) is 0 Å². The van der Waals surface area contributed by atoms with Gasteiger partial charge in [-0.2, -0.15) is 0 Å². The lowest BCUT2D eigenvalue weighted by Crippen LogP contribution is -2.36. The Morgan fingerprint density at radius 3 is 2.47 bits per heavy atom. The molecule has 0 aliphatic heterocycles. The highest BCUT2D eigenvalue weighted by molar-refractivity contribution is 5.71. The van der Waals surface area contributed by atoms with Gasteiger partial charge in [0.1, 0.15) is 0 Å². The van der Waals surface area contributed by atoms with Crippen LogP contribution in [0, 0.1) is 5.92 Å².